The van der Waals surface area contributed by atoms with Gasteiger partial charge in [-0.05, 0) is 35.9 Å². The van der Waals surface area contributed by atoms with Crippen LogP contribution in [0.1, 0.15) is 18.9 Å². The number of imidazole rings is 1. The molecule has 0 amide bonds. The van der Waals surface area contributed by atoms with Crippen LogP contribution in [0.15, 0.2) is 83.2 Å². The molecule has 1 aromatic carbocycles. The number of methoxy groups -OCH3 is 1. The maximum absolute atomic E-state index is 12.9. The number of esters is 1. The van der Waals surface area contributed by atoms with Gasteiger partial charge in [-0.2, -0.15) is 4.98 Å². The predicted octanol–water partition coefficient (Wildman–Crippen LogP) is 4.25. The smallest absolute Gasteiger partial charge is 0.393 e. The number of benzene rings is 1. The van der Waals surface area contributed by atoms with Crippen molar-refractivity contribution >= 4 is 34.5 Å². The third kappa shape index (κ3) is 2.74. The van der Waals surface area contributed by atoms with Crippen LogP contribution in [0.4, 0.5) is 5.95 Å². The highest BCUT2D eigenvalue weighted by Crippen LogP contribution is 2.57. The molecule has 7 heteroatoms. The molecule has 1 aliphatic carbocycles. The van der Waals surface area contributed by atoms with E-state index < -0.39 is 5.54 Å². The summed E-state index contributed by atoms with van der Waals surface area (Å²) in [4.78, 5) is 30.5. The molecule has 3 aliphatic rings. The third-order valence-corrected chi connectivity index (χ3v) is 7.49. The van der Waals surface area contributed by atoms with E-state index in [2.05, 4.69) is 29.7 Å². The molecule has 0 radical (unpaired) electrons. The molecule has 2 aliphatic heterocycles. The summed E-state index contributed by atoms with van der Waals surface area (Å²) in [6.07, 6.45) is 12.9. The lowest BCUT2D eigenvalue weighted by molar-refractivity contribution is -0.138. The summed E-state index contributed by atoms with van der Waals surface area (Å²) in [5.74, 6) is 0.327. The van der Waals surface area contributed by atoms with Crippen LogP contribution < -0.4 is 4.48 Å². The molecule has 2 atom stereocenters. The fourth-order valence-corrected chi connectivity index (χ4v) is 5.98. The summed E-state index contributed by atoms with van der Waals surface area (Å²) in [5.41, 5.74) is 3.13. The van der Waals surface area contributed by atoms with Gasteiger partial charge >= 0.3 is 11.9 Å². The fourth-order valence-electron chi connectivity index (χ4n) is 5.14. The minimum absolute atomic E-state index is 0.0457. The number of thioether (sulfide) groups is 1. The standard InChI is InChI=1S/C25H24N3O3S/c1-17-9-7-13-25-14-8-12-19(23(30)31-3)28(25,2)24-26-16-20(27(24)22(17)25)32-21(29)15-18-10-5-4-6-11-18/h4-12,14,16H,13,15H2,1-3H3/q+1. The number of likely N-dealkylation sites (N-methyl/N-ethyl adjacent to an activating group) is 1. The van der Waals surface area contributed by atoms with E-state index in [1.165, 1.54) is 18.9 Å². The van der Waals surface area contributed by atoms with Gasteiger partial charge in [0.15, 0.2) is 10.7 Å². The number of rotatable bonds is 4. The molecular formula is C25H24N3O3S+. The first kappa shape index (κ1) is 20.7. The second kappa shape index (κ2) is 7.46. The van der Waals surface area contributed by atoms with Gasteiger partial charge in [-0.25, -0.2) is 13.8 Å². The highest BCUT2D eigenvalue weighted by Gasteiger charge is 2.65. The van der Waals surface area contributed by atoms with Crippen LogP contribution in [-0.2, 0) is 20.7 Å². The Morgan fingerprint density at radius 3 is 2.81 bits per heavy atom. The fraction of sp³-hybridized carbons (Fsp3) is 0.240. The molecule has 162 valence electrons. The van der Waals surface area contributed by atoms with Crippen molar-refractivity contribution in [2.75, 3.05) is 14.2 Å². The van der Waals surface area contributed by atoms with Crippen molar-refractivity contribution in [3.8, 4) is 0 Å². The van der Waals surface area contributed by atoms with Crippen molar-refractivity contribution in [3.63, 3.8) is 0 Å². The Bertz CT molecular complexity index is 1250. The first-order chi connectivity index (χ1) is 15.4. The topological polar surface area (TPSA) is 61.2 Å². The van der Waals surface area contributed by atoms with Crippen molar-refractivity contribution in [2.45, 2.75) is 30.3 Å². The number of hydrogen-bond acceptors (Lipinski definition) is 5. The number of allylic oxidation sites excluding steroid dienone is 4. The molecule has 2 unspecified atom stereocenters. The highest BCUT2D eigenvalue weighted by molar-refractivity contribution is 8.13. The van der Waals surface area contributed by atoms with Crippen molar-refractivity contribution < 1.29 is 14.3 Å². The number of fused-ring (bicyclic) bond motifs is 3. The lowest BCUT2D eigenvalue weighted by Gasteiger charge is -2.44. The number of ether oxygens (including phenoxy) is 1. The summed E-state index contributed by atoms with van der Waals surface area (Å²) in [5, 5.41) is 0.806. The Morgan fingerprint density at radius 1 is 1.28 bits per heavy atom. The first-order valence-corrected chi connectivity index (χ1v) is 11.3. The number of carbonyl (C=O) groups excluding carboxylic acids is 2. The second-order valence-electron chi connectivity index (χ2n) is 8.34. The normalized spacial score (nSPS) is 25.2. The molecule has 32 heavy (non-hydrogen) atoms. The van der Waals surface area contributed by atoms with Crippen molar-refractivity contribution in [1.29, 1.82) is 0 Å². The van der Waals surface area contributed by atoms with Gasteiger partial charge in [0, 0.05) is 18.9 Å². The van der Waals surface area contributed by atoms with Crippen LogP contribution in [-0.4, -0.2) is 40.3 Å². The molecule has 2 aromatic rings. The molecule has 1 spiro atoms. The Labute approximate surface area is 191 Å². The van der Waals surface area contributed by atoms with Crippen LogP contribution in [0.3, 0.4) is 0 Å². The molecule has 0 bridgehead atoms. The predicted molar refractivity (Wildman–Crippen MR) is 126 cm³/mol. The monoisotopic (exact) mass is 446 g/mol. The minimum atomic E-state index is -0.515. The summed E-state index contributed by atoms with van der Waals surface area (Å²) in [7, 11) is 3.40. The van der Waals surface area contributed by atoms with E-state index in [0.717, 1.165) is 21.9 Å². The maximum Gasteiger partial charge on any atom is 0.393 e. The van der Waals surface area contributed by atoms with Gasteiger partial charge in [-0.3, -0.25) is 4.79 Å². The summed E-state index contributed by atoms with van der Waals surface area (Å²) in [6.45, 7) is 2.07. The number of hydrogen-bond donors (Lipinski definition) is 0. The molecule has 0 fully saturated rings. The molecule has 6 nitrogen and oxygen atoms in total. The van der Waals surface area contributed by atoms with Crippen LogP contribution in [0, 0.1) is 0 Å². The maximum atomic E-state index is 12.9. The lowest BCUT2D eigenvalue weighted by Crippen LogP contribution is -2.62. The van der Waals surface area contributed by atoms with Crippen molar-refractivity contribution in [3.05, 3.63) is 83.7 Å². The third-order valence-electron chi connectivity index (χ3n) is 6.63. The van der Waals surface area contributed by atoms with E-state index >= 15 is 0 Å². The van der Waals surface area contributed by atoms with Gasteiger partial charge in [0.05, 0.1) is 26.1 Å². The molecule has 3 heterocycles. The summed E-state index contributed by atoms with van der Waals surface area (Å²) < 4.78 is 7.38. The van der Waals surface area contributed by atoms with Gasteiger partial charge in [-0.1, -0.05) is 48.6 Å². The van der Waals surface area contributed by atoms with E-state index in [1.54, 1.807) is 12.3 Å². The average Bonchev–Trinajstić information content (AvgIpc) is 3.29. The van der Waals surface area contributed by atoms with Crippen LogP contribution >= 0.6 is 11.8 Å². The van der Waals surface area contributed by atoms with E-state index in [9.17, 15) is 9.59 Å². The van der Waals surface area contributed by atoms with Crippen LogP contribution in [0.5, 0.6) is 0 Å². The lowest BCUT2D eigenvalue weighted by atomic mass is 9.80. The van der Waals surface area contributed by atoms with Gasteiger partial charge in [-0.15, -0.1) is 0 Å². The SMILES string of the molecule is COC(=O)C1=CC=CC23CC=CC(C)=C2n2c(SC(=O)Cc4ccccc4)cnc2[N+]13C. The van der Waals surface area contributed by atoms with Crippen LogP contribution in [0.2, 0.25) is 0 Å². The molecule has 0 saturated carbocycles. The van der Waals surface area contributed by atoms with Gasteiger partial charge in [0.2, 0.25) is 5.70 Å². The summed E-state index contributed by atoms with van der Waals surface area (Å²) >= 11 is 1.20. The van der Waals surface area contributed by atoms with Crippen LogP contribution in [0.25, 0.3) is 5.70 Å². The number of quaternary nitrogens is 1. The molecule has 0 saturated heterocycles. The zero-order valence-corrected chi connectivity index (χ0v) is 19.1. The first-order valence-electron chi connectivity index (χ1n) is 10.5. The minimum Gasteiger partial charge on any atom is -0.462 e. The van der Waals surface area contributed by atoms with Crippen molar-refractivity contribution in [2.24, 2.45) is 0 Å². The Balaban J connectivity index is 1.62. The van der Waals surface area contributed by atoms with Gasteiger partial charge in [0.25, 0.3) is 0 Å². The van der Waals surface area contributed by atoms with Crippen molar-refractivity contribution in [1.82, 2.24) is 14.0 Å². The van der Waals surface area contributed by atoms with E-state index in [-0.39, 0.29) is 15.6 Å². The molecule has 5 rings (SSSR count). The van der Waals surface area contributed by atoms with E-state index in [1.807, 2.05) is 43.5 Å². The van der Waals surface area contributed by atoms with E-state index in [4.69, 9.17) is 9.72 Å². The average molecular weight is 447 g/mol. The highest BCUT2D eigenvalue weighted by atomic mass is 32.2. The van der Waals surface area contributed by atoms with Gasteiger partial charge in [0.1, 0.15) is 5.03 Å². The number of carbonyl (C=O) groups is 2. The Morgan fingerprint density at radius 2 is 2.06 bits per heavy atom. The molecular weight excluding hydrogens is 422 g/mol. The Kier molecular flexibility index (Phi) is 4.83. The second-order valence-corrected chi connectivity index (χ2v) is 9.42. The Hall–Kier alpha value is -3.16. The largest absolute Gasteiger partial charge is 0.462 e. The quantitative estimate of drug-likeness (QED) is 0.399. The number of nitrogens with zero attached hydrogens (tertiary/aromatic N) is 3. The zero-order chi connectivity index (χ0) is 22.5. The van der Waals surface area contributed by atoms with Gasteiger partial charge < -0.3 is 4.74 Å². The zero-order valence-electron chi connectivity index (χ0n) is 18.2. The molecule has 1 aromatic heterocycles. The number of aromatic nitrogens is 2. The molecule has 0 N–H and O–H groups in total. The summed E-state index contributed by atoms with van der Waals surface area (Å²) in [6, 6.07) is 9.73. The van der Waals surface area contributed by atoms with E-state index in [0.29, 0.717) is 24.5 Å².